The zero-order valence-corrected chi connectivity index (χ0v) is 16.7. The van der Waals surface area contributed by atoms with Gasteiger partial charge in [-0.05, 0) is 67.4 Å². The van der Waals surface area contributed by atoms with Gasteiger partial charge in [0.15, 0.2) is 0 Å². The van der Waals surface area contributed by atoms with Crippen molar-refractivity contribution in [2.75, 3.05) is 11.4 Å². The topological polar surface area (TPSA) is 51.4 Å². The molecule has 2 aromatic carbocycles. The minimum absolute atomic E-state index is 0.0589. The molecule has 1 aromatic heterocycles. The molecule has 4 rings (SSSR count). The number of nitrogens with zero attached hydrogens (tertiary/aromatic N) is 3. The lowest BCUT2D eigenvalue weighted by Crippen LogP contribution is -2.14. The maximum atomic E-state index is 6.31. The predicted molar refractivity (Wildman–Crippen MR) is 105 cm³/mol. The summed E-state index contributed by atoms with van der Waals surface area (Å²) in [5.74, 6) is 1.63. The van der Waals surface area contributed by atoms with Crippen molar-refractivity contribution < 1.29 is 9.26 Å². The lowest BCUT2D eigenvalue weighted by Gasteiger charge is -2.13. The van der Waals surface area contributed by atoms with E-state index < -0.39 is 0 Å². The number of aromatic nitrogens is 2. The van der Waals surface area contributed by atoms with Crippen molar-refractivity contribution in [2.45, 2.75) is 26.4 Å². The Kier molecular flexibility index (Phi) is 4.63. The van der Waals surface area contributed by atoms with Crippen molar-refractivity contribution in [1.82, 2.24) is 10.1 Å². The molecule has 0 spiro atoms. The molecule has 0 aliphatic carbocycles. The fourth-order valence-electron chi connectivity index (χ4n) is 3.00. The van der Waals surface area contributed by atoms with Crippen LogP contribution in [0.2, 0.25) is 5.02 Å². The van der Waals surface area contributed by atoms with Crippen LogP contribution >= 0.6 is 27.5 Å². The zero-order chi connectivity index (χ0) is 18.3. The monoisotopic (exact) mass is 433 g/mol. The number of rotatable bonds is 4. The number of halogens is 2. The first-order chi connectivity index (χ1) is 12.5. The van der Waals surface area contributed by atoms with Crippen molar-refractivity contribution in [3.8, 4) is 17.2 Å². The van der Waals surface area contributed by atoms with Crippen LogP contribution in [-0.2, 0) is 6.42 Å². The Labute approximate surface area is 165 Å². The van der Waals surface area contributed by atoms with E-state index in [1.165, 1.54) is 5.56 Å². The van der Waals surface area contributed by atoms with Crippen LogP contribution < -0.4 is 9.64 Å². The third-order valence-corrected chi connectivity index (χ3v) is 4.92. The molecule has 1 aliphatic rings. The average molecular weight is 435 g/mol. The first kappa shape index (κ1) is 17.4. The standard InChI is InChI=1S/C19H17BrClN3O2/c1-11(2)25-17-6-3-13(10-15(17)21)18-22-19(23-26-18)24-8-7-12-9-14(20)4-5-16(12)24/h3-6,9-11H,7-8H2,1-2H3. The molecule has 0 saturated carbocycles. The maximum absolute atomic E-state index is 6.31. The molecule has 0 atom stereocenters. The fraction of sp³-hybridized carbons (Fsp3) is 0.263. The zero-order valence-electron chi connectivity index (χ0n) is 14.4. The Hall–Kier alpha value is -2.05. The highest BCUT2D eigenvalue weighted by molar-refractivity contribution is 9.10. The lowest BCUT2D eigenvalue weighted by atomic mass is 10.2. The van der Waals surface area contributed by atoms with Gasteiger partial charge in [0.05, 0.1) is 11.1 Å². The summed E-state index contributed by atoms with van der Waals surface area (Å²) in [7, 11) is 0. The molecule has 134 valence electrons. The molecule has 0 amide bonds. The van der Waals surface area contributed by atoms with Crippen molar-refractivity contribution in [2.24, 2.45) is 0 Å². The van der Waals surface area contributed by atoms with Crippen LogP contribution in [0, 0.1) is 0 Å². The van der Waals surface area contributed by atoms with Crippen LogP contribution in [0.3, 0.4) is 0 Å². The maximum Gasteiger partial charge on any atom is 0.270 e. The molecule has 2 heterocycles. The highest BCUT2D eigenvalue weighted by Crippen LogP contribution is 2.36. The Balaban J connectivity index is 1.61. The first-order valence-electron chi connectivity index (χ1n) is 8.37. The molecule has 1 aliphatic heterocycles. The van der Waals surface area contributed by atoms with Crippen molar-refractivity contribution in [3.05, 3.63) is 51.5 Å². The molecular weight excluding hydrogens is 418 g/mol. The van der Waals surface area contributed by atoms with Crippen LogP contribution in [0.25, 0.3) is 11.5 Å². The summed E-state index contributed by atoms with van der Waals surface area (Å²) in [6.45, 7) is 4.74. The van der Waals surface area contributed by atoms with Crippen molar-refractivity contribution in [3.63, 3.8) is 0 Å². The lowest BCUT2D eigenvalue weighted by molar-refractivity contribution is 0.242. The van der Waals surface area contributed by atoms with E-state index in [-0.39, 0.29) is 6.10 Å². The Morgan fingerprint density at radius 2 is 2.08 bits per heavy atom. The second kappa shape index (κ2) is 6.93. The molecule has 0 saturated heterocycles. The van der Waals surface area contributed by atoms with Gasteiger partial charge in [0.1, 0.15) is 5.75 Å². The summed E-state index contributed by atoms with van der Waals surface area (Å²) in [5.41, 5.74) is 3.14. The Morgan fingerprint density at radius 1 is 1.23 bits per heavy atom. The van der Waals surface area contributed by atoms with Crippen LogP contribution in [0.1, 0.15) is 19.4 Å². The van der Waals surface area contributed by atoms with E-state index in [1.807, 2.05) is 32.0 Å². The number of benzene rings is 2. The SMILES string of the molecule is CC(C)Oc1ccc(-c2nc(N3CCc4cc(Br)ccc43)no2)cc1Cl. The molecule has 5 nitrogen and oxygen atoms in total. The minimum atomic E-state index is 0.0589. The normalized spacial score (nSPS) is 13.3. The first-order valence-corrected chi connectivity index (χ1v) is 9.54. The van der Waals surface area contributed by atoms with Gasteiger partial charge in [0, 0.05) is 22.3 Å². The van der Waals surface area contributed by atoms with Gasteiger partial charge in [-0.15, -0.1) is 0 Å². The Bertz CT molecular complexity index is 958. The molecule has 3 aromatic rings. The van der Waals surface area contributed by atoms with E-state index in [0.29, 0.717) is 22.6 Å². The number of hydrogen-bond acceptors (Lipinski definition) is 5. The number of hydrogen-bond donors (Lipinski definition) is 0. The summed E-state index contributed by atoms with van der Waals surface area (Å²) in [6, 6.07) is 11.7. The van der Waals surface area contributed by atoms with E-state index in [9.17, 15) is 0 Å². The van der Waals surface area contributed by atoms with Gasteiger partial charge in [-0.1, -0.05) is 27.5 Å². The van der Waals surface area contributed by atoms with Crippen LogP contribution in [0.4, 0.5) is 11.6 Å². The summed E-state index contributed by atoms with van der Waals surface area (Å²) in [6.07, 6.45) is 1.01. The van der Waals surface area contributed by atoms with Crippen molar-refractivity contribution in [1.29, 1.82) is 0 Å². The number of ether oxygens (including phenoxy) is 1. The second-order valence-corrected chi connectivity index (χ2v) is 7.71. The summed E-state index contributed by atoms with van der Waals surface area (Å²) >= 11 is 9.82. The fourth-order valence-corrected chi connectivity index (χ4v) is 3.64. The molecule has 26 heavy (non-hydrogen) atoms. The number of fused-ring (bicyclic) bond motifs is 1. The van der Waals surface area contributed by atoms with Crippen LogP contribution in [-0.4, -0.2) is 22.8 Å². The van der Waals surface area contributed by atoms with Gasteiger partial charge in [-0.3, -0.25) is 0 Å². The van der Waals surface area contributed by atoms with Crippen LogP contribution in [0.15, 0.2) is 45.4 Å². The highest BCUT2D eigenvalue weighted by atomic mass is 79.9. The minimum Gasteiger partial charge on any atom is -0.489 e. The van der Waals surface area contributed by atoms with Gasteiger partial charge in [-0.2, -0.15) is 4.98 Å². The highest BCUT2D eigenvalue weighted by Gasteiger charge is 2.25. The molecule has 0 N–H and O–H groups in total. The van der Waals surface area contributed by atoms with Gasteiger partial charge in [0.2, 0.25) is 0 Å². The van der Waals surface area contributed by atoms with Gasteiger partial charge >= 0.3 is 0 Å². The third-order valence-electron chi connectivity index (χ3n) is 4.14. The van der Waals surface area contributed by atoms with E-state index >= 15 is 0 Å². The van der Waals surface area contributed by atoms with E-state index in [0.717, 1.165) is 28.7 Å². The Morgan fingerprint density at radius 3 is 2.85 bits per heavy atom. The van der Waals surface area contributed by atoms with E-state index in [2.05, 4.69) is 43.1 Å². The van der Waals surface area contributed by atoms with Gasteiger partial charge in [-0.25, -0.2) is 0 Å². The largest absolute Gasteiger partial charge is 0.489 e. The average Bonchev–Trinajstić information content (AvgIpc) is 3.22. The molecule has 7 heteroatoms. The summed E-state index contributed by atoms with van der Waals surface area (Å²) in [5, 5.41) is 4.67. The predicted octanol–water partition coefficient (Wildman–Crippen LogP) is 5.63. The summed E-state index contributed by atoms with van der Waals surface area (Å²) in [4.78, 5) is 6.61. The van der Waals surface area contributed by atoms with E-state index in [4.69, 9.17) is 20.9 Å². The molecular formula is C19H17BrClN3O2. The van der Waals surface area contributed by atoms with Gasteiger partial charge in [0.25, 0.3) is 11.8 Å². The van der Waals surface area contributed by atoms with E-state index in [1.54, 1.807) is 6.07 Å². The summed E-state index contributed by atoms with van der Waals surface area (Å²) < 4.78 is 12.2. The molecule has 0 fully saturated rings. The van der Waals surface area contributed by atoms with Gasteiger partial charge < -0.3 is 14.2 Å². The molecule has 0 bridgehead atoms. The third kappa shape index (κ3) is 3.31. The van der Waals surface area contributed by atoms with Crippen molar-refractivity contribution >= 4 is 39.2 Å². The smallest absolute Gasteiger partial charge is 0.270 e. The quantitative estimate of drug-likeness (QED) is 0.532. The molecule has 0 radical (unpaired) electrons. The van der Waals surface area contributed by atoms with Crippen LogP contribution in [0.5, 0.6) is 5.75 Å². The number of anilines is 2. The second-order valence-electron chi connectivity index (χ2n) is 6.39. The molecule has 0 unspecified atom stereocenters.